The molecule has 0 unspecified atom stereocenters. The normalized spacial score (nSPS) is 14.2. The van der Waals surface area contributed by atoms with Crippen molar-refractivity contribution in [3.05, 3.63) is 36.7 Å². The van der Waals surface area contributed by atoms with Crippen molar-refractivity contribution < 1.29 is 14.4 Å². The maximum atomic E-state index is 11.9. The fourth-order valence-electron chi connectivity index (χ4n) is 2.17. The number of nitrogens with one attached hydrogen (secondary N) is 1. The van der Waals surface area contributed by atoms with Crippen LogP contribution < -0.4 is 5.32 Å². The Labute approximate surface area is 152 Å². The van der Waals surface area contributed by atoms with Crippen LogP contribution in [0.15, 0.2) is 41.8 Å². The van der Waals surface area contributed by atoms with Gasteiger partial charge in [-0.25, -0.2) is 0 Å². The Bertz CT molecular complexity index is 764. The number of amides is 3. The minimum absolute atomic E-state index is 0.169. The molecule has 1 fully saturated rings. The van der Waals surface area contributed by atoms with Crippen LogP contribution in [-0.2, 0) is 9.59 Å². The number of rotatable bonds is 7. The van der Waals surface area contributed by atoms with Crippen molar-refractivity contribution in [2.24, 2.45) is 0 Å². The highest BCUT2D eigenvalue weighted by molar-refractivity contribution is 8.14. The van der Waals surface area contributed by atoms with Gasteiger partial charge < -0.3 is 5.32 Å². The van der Waals surface area contributed by atoms with Gasteiger partial charge in [0.2, 0.25) is 11.8 Å². The predicted molar refractivity (Wildman–Crippen MR) is 94.7 cm³/mol. The van der Waals surface area contributed by atoms with Crippen molar-refractivity contribution in [3.63, 3.8) is 0 Å². The molecular formula is C15H15N5O3S2. The van der Waals surface area contributed by atoms with Crippen LogP contribution in [0.1, 0.15) is 0 Å². The summed E-state index contributed by atoms with van der Waals surface area (Å²) >= 11 is 2.25. The summed E-state index contributed by atoms with van der Waals surface area (Å²) in [5.74, 6) is -0.0612. The van der Waals surface area contributed by atoms with Crippen LogP contribution in [0.25, 0.3) is 5.69 Å². The molecule has 2 heterocycles. The van der Waals surface area contributed by atoms with Gasteiger partial charge in [0.15, 0.2) is 5.16 Å². The van der Waals surface area contributed by atoms with E-state index < -0.39 is 0 Å². The third-order valence-electron chi connectivity index (χ3n) is 3.38. The second kappa shape index (κ2) is 8.17. The molecular weight excluding hydrogens is 362 g/mol. The summed E-state index contributed by atoms with van der Waals surface area (Å²) in [7, 11) is 0. The van der Waals surface area contributed by atoms with E-state index in [1.807, 2.05) is 30.3 Å². The molecule has 0 spiro atoms. The van der Waals surface area contributed by atoms with Crippen LogP contribution in [0, 0.1) is 0 Å². The molecule has 0 bridgehead atoms. The van der Waals surface area contributed by atoms with Crippen molar-refractivity contribution in [2.45, 2.75) is 5.16 Å². The summed E-state index contributed by atoms with van der Waals surface area (Å²) in [6, 6.07) is 9.60. The van der Waals surface area contributed by atoms with E-state index in [0.717, 1.165) is 22.3 Å². The first-order chi connectivity index (χ1) is 12.1. The van der Waals surface area contributed by atoms with E-state index in [2.05, 4.69) is 15.5 Å². The topological polar surface area (TPSA) is 97.2 Å². The first-order valence-electron chi connectivity index (χ1n) is 7.47. The largest absolute Gasteiger partial charge is 0.354 e. The summed E-state index contributed by atoms with van der Waals surface area (Å²) in [6.45, 7) is 0.435. The minimum Gasteiger partial charge on any atom is -0.354 e. The zero-order valence-electron chi connectivity index (χ0n) is 13.1. The summed E-state index contributed by atoms with van der Waals surface area (Å²) in [6.07, 6.45) is 1.60. The standard InChI is InChI=1S/C15H15N5O3S2/c21-12(16-6-7-19-13(22)9-25-15(19)23)8-24-14-18-17-10-20(14)11-4-2-1-3-5-11/h1-5,10H,6-9H2,(H,16,21). The third kappa shape index (κ3) is 4.40. The second-order valence-electron chi connectivity index (χ2n) is 5.06. The molecule has 130 valence electrons. The molecule has 0 radical (unpaired) electrons. The monoisotopic (exact) mass is 377 g/mol. The Morgan fingerprint density at radius 3 is 2.80 bits per heavy atom. The number of thioether (sulfide) groups is 2. The van der Waals surface area contributed by atoms with E-state index in [9.17, 15) is 14.4 Å². The number of benzene rings is 1. The lowest BCUT2D eigenvalue weighted by Crippen LogP contribution is -2.38. The second-order valence-corrected chi connectivity index (χ2v) is 6.93. The number of aromatic nitrogens is 3. The summed E-state index contributed by atoms with van der Waals surface area (Å²) < 4.78 is 1.80. The Morgan fingerprint density at radius 2 is 2.08 bits per heavy atom. The fourth-order valence-corrected chi connectivity index (χ4v) is 3.68. The van der Waals surface area contributed by atoms with Gasteiger partial charge >= 0.3 is 0 Å². The Kier molecular flexibility index (Phi) is 5.71. The average molecular weight is 377 g/mol. The SMILES string of the molecule is O=C(CSc1nncn1-c1ccccc1)NCCN1C(=O)CSC1=O. The molecule has 1 aromatic heterocycles. The molecule has 0 aliphatic carbocycles. The van der Waals surface area contributed by atoms with Crippen LogP contribution in [0.2, 0.25) is 0 Å². The van der Waals surface area contributed by atoms with Gasteiger partial charge in [-0.15, -0.1) is 10.2 Å². The lowest BCUT2D eigenvalue weighted by Gasteiger charge is -2.13. The molecule has 1 aromatic carbocycles. The van der Waals surface area contributed by atoms with Gasteiger partial charge in [-0.3, -0.25) is 23.9 Å². The molecule has 1 N–H and O–H groups in total. The van der Waals surface area contributed by atoms with Crippen molar-refractivity contribution >= 4 is 40.6 Å². The number of hydrogen-bond acceptors (Lipinski definition) is 7. The number of imide groups is 1. The zero-order chi connectivity index (χ0) is 17.6. The van der Waals surface area contributed by atoms with Gasteiger partial charge in [-0.1, -0.05) is 41.7 Å². The maximum Gasteiger partial charge on any atom is 0.288 e. The van der Waals surface area contributed by atoms with Crippen molar-refractivity contribution in [1.29, 1.82) is 0 Å². The smallest absolute Gasteiger partial charge is 0.288 e. The Hall–Kier alpha value is -2.33. The Balaban J connectivity index is 1.46. The average Bonchev–Trinajstić information content (AvgIpc) is 3.22. The quantitative estimate of drug-likeness (QED) is 0.724. The van der Waals surface area contributed by atoms with E-state index in [1.54, 1.807) is 10.9 Å². The van der Waals surface area contributed by atoms with Crippen LogP contribution in [0.4, 0.5) is 4.79 Å². The van der Waals surface area contributed by atoms with E-state index in [4.69, 9.17) is 0 Å². The van der Waals surface area contributed by atoms with Gasteiger partial charge in [-0.2, -0.15) is 0 Å². The summed E-state index contributed by atoms with van der Waals surface area (Å²) in [5.41, 5.74) is 0.916. The van der Waals surface area contributed by atoms with Crippen molar-refractivity contribution in [1.82, 2.24) is 25.0 Å². The number of nitrogens with zero attached hydrogens (tertiary/aromatic N) is 4. The Morgan fingerprint density at radius 1 is 1.28 bits per heavy atom. The van der Waals surface area contributed by atoms with Crippen molar-refractivity contribution in [3.8, 4) is 5.69 Å². The fraction of sp³-hybridized carbons (Fsp3) is 0.267. The van der Waals surface area contributed by atoms with Gasteiger partial charge in [0.05, 0.1) is 11.5 Å². The maximum absolute atomic E-state index is 11.9. The third-order valence-corrected chi connectivity index (χ3v) is 5.18. The van der Waals surface area contributed by atoms with E-state index in [1.165, 1.54) is 11.8 Å². The zero-order valence-corrected chi connectivity index (χ0v) is 14.8. The molecule has 1 aliphatic heterocycles. The number of carbonyl (C=O) groups excluding carboxylic acids is 3. The first kappa shape index (κ1) is 17.5. The van der Waals surface area contributed by atoms with Gasteiger partial charge in [0.1, 0.15) is 6.33 Å². The van der Waals surface area contributed by atoms with Crippen LogP contribution in [0.5, 0.6) is 0 Å². The molecule has 8 nitrogen and oxygen atoms in total. The highest BCUT2D eigenvalue weighted by Crippen LogP contribution is 2.19. The predicted octanol–water partition coefficient (Wildman–Crippen LogP) is 1.17. The lowest BCUT2D eigenvalue weighted by molar-refractivity contribution is -0.125. The van der Waals surface area contributed by atoms with Crippen LogP contribution >= 0.6 is 23.5 Å². The molecule has 1 saturated heterocycles. The van der Waals surface area contributed by atoms with E-state index in [-0.39, 0.29) is 41.6 Å². The highest BCUT2D eigenvalue weighted by Gasteiger charge is 2.29. The molecule has 0 saturated carbocycles. The number of para-hydroxylation sites is 1. The molecule has 10 heteroatoms. The molecule has 3 amide bonds. The molecule has 25 heavy (non-hydrogen) atoms. The molecule has 0 atom stereocenters. The molecule has 2 aromatic rings. The minimum atomic E-state index is -0.260. The van der Waals surface area contributed by atoms with Crippen LogP contribution in [-0.4, -0.2) is 61.3 Å². The first-order valence-corrected chi connectivity index (χ1v) is 9.44. The van der Waals surface area contributed by atoms with E-state index in [0.29, 0.717) is 5.16 Å². The van der Waals surface area contributed by atoms with Crippen molar-refractivity contribution in [2.75, 3.05) is 24.6 Å². The van der Waals surface area contributed by atoms with Gasteiger partial charge in [0.25, 0.3) is 5.24 Å². The number of carbonyl (C=O) groups is 3. The van der Waals surface area contributed by atoms with Crippen LogP contribution in [0.3, 0.4) is 0 Å². The lowest BCUT2D eigenvalue weighted by atomic mass is 10.3. The van der Waals surface area contributed by atoms with E-state index >= 15 is 0 Å². The molecule has 1 aliphatic rings. The van der Waals surface area contributed by atoms with Gasteiger partial charge in [-0.05, 0) is 12.1 Å². The summed E-state index contributed by atoms with van der Waals surface area (Å²) in [5, 5.41) is 11.0. The van der Waals surface area contributed by atoms with Gasteiger partial charge in [0, 0.05) is 18.8 Å². The highest BCUT2D eigenvalue weighted by atomic mass is 32.2. The summed E-state index contributed by atoms with van der Waals surface area (Å²) in [4.78, 5) is 36.0. The molecule has 3 rings (SSSR count). The number of hydrogen-bond donors (Lipinski definition) is 1.